The van der Waals surface area contributed by atoms with Crippen LogP contribution in [0.1, 0.15) is 80.5 Å². The number of amides is 2. The van der Waals surface area contributed by atoms with E-state index in [2.05, 4.69) is 36.9 Å². The molecule has 4 rings (SSSR count). The summed E-state index contributed by atoms with van der Waals surface area (Å²) < 4.78 is 0. The Bertz CT molecular complexity index is 1080. The average Bonchev–Trinajstić information content (AvgIpc) is 3.34. The molecule has 0 radical (unpaired) electrons. The number of imide groups is 1. The van der Waals surface area contributed by atoms with E-state index < -0.39 is 0 Å². The Morgan fingerprint density at radius 2 is 1.53 bits per heavy atom. The van der Waals surface area contributed by atoms with Crippen LogP contribution in [0.3, 0.4) is 0 Å². The maximum Gasteiger partial charge on any atom is 0.278 e. The molecule has 2 amide bonds. The predicted molar refractivity (Wildman–Crippen MR) is 140 cm³/mol. The van der Waals surface area contributed by atoms with Gasteiger partial charge in [-0.15, -0.1) is 0 Å². The average molecular weight is 459 g/mol. The van der Waals surface area contributed by atoms with Crippen LogP contribution in [0.15, 0.2) is 48.2 Å². The second kappa shape index (κ2) is 11.0. The quantitative estimate of drug-likeness (QED) is 0.282. The number of anilines is 1. The fourth-order valence-electron chi connectivity index (χ4n) is 5.33. The van der Waals surface area contributed by atoms with Crippen molar-refractivity contribution < 1.29 is 9.59 Å². The van der Waals surface area contributed by atoms with Gasteiger partial charge in [-0.25, -0.2) is 0 Å². The number of carbonyl (C=O) groups excluding carboxylic acids is 2. The minimum absolute atomic E-state index is 0.139. The summed E-state index contributed by atoms with van der Waals surface area (Å²) in [6.07, 6.45) is 10.4. The highest BCUT2D eigenvalue weighted by atomic mass is 16.2. The van der Waals surface area contributed by atoms with Crippen LogP contribution in [-0.4, -0.2) is 29.8 Å². The maximum atomic E-state index is 13.7. The van der Waals surface area contributed by atoms with Crippen LogP contribution in [-0.2, 0) is 16.0 Å². The molecule has 2 heterocycles. The van der Waals surface area contributed by atoms with E-state index in [1.807, 2.05) is 31.2 Å². The zero-order valence-electron chi connectivity index (χ0n) is 21.0. The van der Waals surface area contributed by atoms with Crippen LogP contribution in [0, 0.1) is 13.8 Å². The molecule has 0 bridgehead atoms. The van der Waals surface area contributed by atoms with Gasteiger partial charge in [0.25, 0.3) is 11.8 Å². The molecule has 4 heteroatoms. The molecule has 0 aromatic heterocycles. The highest BCUT2D eigenvalue weighted by molar-refractivity contribution is 6.37. The largest absolute Gasteiger partial charge is 0.336 e. The highest BCUT2D eigenvalue weighted by Gasteiger charge is 2.43. The summed E-state index contributed by atoms with van der Waals surface area (Å²) in [7, 11) is 0. The molecule has 2 aliphatic rings. The zero-order valence-corrected chi connectivity index (χ0v) is 21.0. The van der Waals surface area contributed by atoms with E-state index in [0.29, 0.717) is 17.8 Å². The molecule has 4 nitrogen and oxygen atoms in total. The first kappa shape index (κ1) is 24.3. The van der Waals surface area contributed by atoms with Crippen molar-refractivity contribution >= 4 is 23.1 Å². The van der Waals surface area contributed by atoms with Crippen molar-refractivity contribution in [3.05, 3.63) is 70.4 Å². The van der Waals surface area contributed by atoms with Gasteiger partial charge < -0.3 is 4.90 Å². The first-order valence-electron chi connectivity index (χ1n) is 13.1. The van der Waals surface area contributed by atoms with E-state index >= 15 is 0 Å². The number of benzene rings is 2. The number of nitrogens with zero attached hydrogens (tertiary/aromatic N) is 2. The number of fused-ring (bicyclic) bond motifs is 1. The standard InChI is InChI=1S/C30H38N2O2/c1-4-5-6-7-8-9-10-13-19-32-29(33)27(25-17-16-22(2)21-23(25)3)28(30(32)34)31-20-18-24-14-11-12-15-26(24)31/h11-12,14-17,21H,4-10,13,18-20H2,1-3H3. The molecule has 0 N–H and O–H groups in total. The highest BCUT2D eigenvalue weighted by Crippen LogP contribution is 2.39. The lowest BCUT2D eigenvalue weighted by molar-refractivity contribution is -0.137. The lowest BCUT2D eigenvalue weighted by Gasteiger charge is -2.22. The number of hydrogen-bond acceptors (Lipinski definition) is 3. The number of carbonyl (C=O) groups is 2. The Balaban J connectivity index is 1.55. The van der Waals surface area contributed by atoms with E-state index in [0.717, 1.165) is 48.2 Å². The van der Waals surface area contributed by atoms with Gasteiger partial charge in [0, 0.05) is 18.8 Å². The van der Waals surface area contributed by atoms with Crippen LogP contribution in [0.5, 0.6) is 0 Å². The molecule has 2 aliphatic heterocycles. The topological polar surface area (TPSA) is 40.6 Å². The third-order valence-corrected chi connectivity index (χ3v) is 7.19. The fraction of sp³-hybridized carbons (Fsp3) is 0.467. The third kappa shape index (κ3) is 4.96. The second-order valence-electron chi connectivity index (χ2n) is 9.81. The maximum absolute atomic E-state index is 13.7. The third-order valence-electron chi connectivity index (χ3n) is 7.19. The fourth-order valence-corrected chi connectivity index (χ4v) is 5.33. The van der Waals surface area contributed by atoms with Crippen molar-refractivity contribution in [1.29, 1.82) is 0 Å². The summed E-state index contributed by atoms with van der Waals surface area (Å²) in [5.41, 5.74) is 6.48. The Morgan fingerprint density at radius 3 is 2.26 bits per heavy atom. The van der Waals surface area contributed by atoms with Gasteiger partial charge in [-0.1, -0.05) is 93.8 Å². The van der Waals surface area contributed by atoms with Crippen molar-refractivity contribution in [3.8, 4) is 0 Å². The Hall–Kier alpha value is -2.88. The molecule has 0 aliphatic carbocycles. The van der Waals surface area contributed by atoms with Crippen LogP contribution in [0.2, 0.25) is 0 Å². The number of para-hydroxylation sites is 1. The van der Waals surface area contributed by atoms with E-state index in [1.165, 1.54) is 49.0 Å². The van der Waals surface area contributed by atoms with Gasteiger partial charge in [-0.05, 0) is 49.4 Å². The van der Waals surface area contributed by atoms with Gasteiger partial charge in [-0.3, -0.25) is 14.5 Å². The number of aryl methyl sites for hydroxylation is 2. The molecule has 34 heavy (non-hydrogen) atoms. The van der Waals surface area contributed by atoms with Gasteiger partial charge in [0.15, 0.2) is 0 Å². The van der Waals surface area contributed by atoms with E-state index in [-0.39, 0.29) is 11.8 Å². The van der Waals surface area contributed by atoms with Crippen LogP contribution >= 0.6 is 0 Å². The molecule has 2 aromatic rings. The van der Waals surface area contributed by atoms with Crippen LogP contribution in [0.4, 0.5) is 5.69 Å². The number of unbranched alkanes of at least 4 members (excludes halogenated alkanes) is 7. The summed E-state index contributed by atoms with van der Waals surface area (Å²) in [4.78, 5) is 31.0. The normalized spacial score (nSPS) is 15.6. The Kier molecular flexibility index (Phi) is 7.87. The lowest BCUT2D eigenvalue weighted by atomic mass is 9.97. The first-order chi connectivity index (χ1) is 16.5. The van der Waals surface area contributed by atoms with Gasteiger partial charge in [0.2, 0.25) is 0 Å². The SMILES string of the molecule is CCCCCCCCCCN1C(=O)C(c2ccc(C)cc2C)=C(N2CCc3ccccc32)C1=O. The summed E-state index contributed by atoms with van der Waals surface area (Å²) in [6.45, 7) is 7.55. The summed E-state index contributed by atoms with van der Waals surface area (Å²) in [6, 6.07) is 14.4. The first-order valence-corrected chi connectivity index (χ1v) is 13.1. The molecule has 0 saturated carbocycles. The van der Waals surface area contributed by atoms with Gasteiger partial charge in [-0.2, -0.15) is 0 Å². The summed E-state index contributed by atoms with van der Waals surface area (Å²) in [5, 5.41) is 0. The number of rotatable bonds is 11. The molecule has 2 aromatic carbocycles. The van der Waals surface area contributed by atoms with Gasteiger partial charge in [0.1, 0.15) is 5.70 Å². The minimum Gasteiger partial charge on any atom is -0.336 e. The smallest absolute Gasteiger partial charge is 0.278 e. The molecule has 0 fully saturated rings. The van der Waals surface area contributed by atoms with Crippen molar-refractivity contribution in [2.24, 2.45) is 0 Å². The van der Waals surface area contributed by atoms with E-state index in [1.54, 1.807) is 0 Å². The lowest BCUT2D eigenvalue weighted by Crippen LogP contribution is -2.35. The zero-order chi connectivity index (χ0) is 24.1. The van der Waals surface area contributed by atoms with Crippen molar-refractivity contribution in [2.45, 2.75) is 78.6 Å². The monoisotopic (exact) mass is 458 g/mol. The molecular weight excluding hydrogens is 420 g/mol. The number of hydrogen-bond donors (Lipinski definition) is 0. The second-order valence-corrected chi connectivity index (χ2v) is 9.81. The molecular formula is C30H38N2O2. The van der Waals surface area contributed by atoms with Crippen molar-refractivity contribution in [3.63, 3.8) is 0 Å². The molecule has 0 spiro atoms. The Labute approximate surface area is 204 Å². The van der Waals surface area contributed by atoms with E-state index in [9.17, 15) is 9.59 Å². The van der Waals surface area contributed by atoms with Crippen LogP contribution < -0.4 is 4.90 Å². The minimum atomic E-state index is -0.140. The summed E-state index contributed by atoms with van der Waals surface area (Å²) >= 11 is 0. The predicted octanol–water partition coefficient (Wildman–Crippen LogP) is 6.59. The van der Waals surface area contributed by atoms with Crippen molar-refractivity contribution in [2.75, 3.05) is 18.0 Å². The Morgan fingerprint density at radius 1 is 0.824 bits per heavy atom. The molecule has 180 valence electrons. The van der Waals surface area contributed by atoms with Crippen molar-refractivity contribution in [1.82, 2.24) is 4.90 Å². The molecule has 0 saturated heterocycles. The molecule has 0 unspecified atom stereocenters. The van der Waals surface area contributed by atoms with Gasteiger partial charge in [0.05, 0.1) is 5.57 Å². The molecule has 0 atom stereocenters. The summed E-state index contributed by atoms with van der Waals surface area (Å²) in [5.74, 6) is -0.279. The van der Waals surface area contributed by atoms with Gasteiger partial charge >= 0.3 is 0 Å². The van der Waals surface area contributed by atoms with Crippen LogP contribution in [0.25, 0.3) is 5.57 Å². The van der Waals surface area contributed by atoms with E-state index in [4.69, 9.17) is 0 Å².